The molecule has 0 fully saturated rings. The molecule has 0 amide bonds. The van der Waals surface area contributed by atoms with Crippen molar-refractivity contribution in [2.75, 3.05) is 4.90 Å². The Hall–Kier alpha value is -7.64. The van der Waals surface area contributed by atoms with Crippen molar-refractivity contribution < 1.29 is 0 Å². The Morgan fingerprint density at radius 3 is 0.982 bits per heavy atom. The third-order valence-electron chi connectivity index (χ3n) is 9.76. The molecule has 0 aliphatic rings. The minimum Gasteiger partial charge on any atom is -0.311 e. The quantitative estimate of drug-likeness (QED) is 0.133. The lowest BCUT2D eigenvalue weighted by Gasteiger charge is -2.25. The third-order valence-corrected chi connectivity index (χ3v) is 9.76. The van der Waals surface area contributed by atoms with Crippen LogP contribution < -0.4 is 4.90 Å². The average Bonchev–Trinajstić information content (AvgIpc) is 3.26. The summed E-state index contributed by atoms with van der Waals surface area (Å²) >= 11 is 0. The average molecular weight is 706 g/mol. The number of para-hydroxylation sites is 7. The SMILES string of the molecule is c1ccc(N(c2ccccc2)c2ccccc2)cc1.c1ccc2nc3c(ccc4nccc(-c5ccnc6ccc7nc8ccccc8nc7c56)c43)nc2c1. The van der Waals surface area contributed by atoms with E-state index < -0.39 is 0 Å². The molecule has 0 N–H and O–H groups in total. The number of pyridine rings is 2. The first-order valence-corrected chi connectivity index (χ1v) is 18.1. The molecule has 7 nitrogen and oxygen atoms in total. The van der Waals surface area contributed by atoms with Crippen molar-refractivity contribution in [1.82, 2.24) is 29.9 Å². The molecule has 0 saturated heterocycles. The molecule has 4 aromatic heterocycles. The highest BCUT2D eigenvalue weighted by Gasteiger charge is 2.17. The summed E-state index contributed by atoms with van der Waals surface area (Å²) in [6.07, 6.45) is 3.69. The molecule has 11 rings (SSSR count). The minimum atomic E-state index is 0.830. The van der Waals surface area contributed by atoms with Gasteiger partial charge < -0.3 is 4.90 Å². The largest absolute Gasteiger partial charge is 0.311 e. The van der Waals surface area contributed by atoms with Crippen molar-refractivity contribution in [1.29, 1.82) is 0 Å². The van der Waals surface area contributed by atoms with Crippen LogP contribution in [0.4, 0.5) is 17.1 Å². The number of hydrogen-bond donors (Lipinski definition) is 0. The standard InChI is InChI=1S/C30H16N6.C18H15N/c1-3-7-21-19(5-1)33-25-11-9-23-27(29(25)35-21)17(13-15-31-23)18-14-16-32-24-10-12-26-30(28(18)24)36-22-8-4-2-6-20(22)34-26;1-4-10-16(11-5-1)19(17-12-6-2-7-13-17)18-14-8-3-9-15-18/h1-16H;1-15H. The highest BCUT2D eigenvalue weighted by atomic mass is 15.1. The lowest BCUT2D eigenvalue weighted by Crippen LogP contribution is -2.09. The van der Waals surface area contributed by atoms with Gasteiger partial charge in [0.1, 0.15) is 0 Å². The maximum Gasteiger partial charge on any atom is 0.0994 e. The van der Waals surface area contributed by atoms with E-state index in [4.69, 9.17) is 19.9 Å². The van der Waals surface area contributed by atoms with Crippen LogP contribution in [-0.4, -0.2) is 29.9 Å². The van der Waals surface area contributed by atoms with Crippen LogP contribution in [0.5, 0.6) is 0 Å². The summed E-state index contributed by atoms with van der Waals surface area (Å²) in [6, 6.07) is 59.2. The van der Waals surface area contributed by atoms with Crippen molar-refractivity contribution in [3.8, 4) is 11.1 Å². The van der Waals surface area contributed by atoms with Crippen LogP contribution in [0.15, 0.2) is 188 Å². The molecular weight excluding hydrogens is 675 g/mol. The zero-order chi connectivity index (χ0) is 36.6. The second-order valence-electron chi connectivity index (χ2n) is 13.1. The molecule has 4 heterocycles. The van der Waals surface area contributed by atoms with Gasteiger partial charge in [0.15, 0.2) is 0 Å². The monoisotopic (exact) mass is 705 g/mol. The van der Waals surface area contributed by atoms with Crippen LogP contribution in [0.2, 0.25) is 0 Å². The van der Waals surface area contributed by atoms with Gasteiger partial charge in [-0.2, -0.15) is 0 Å². The van der Waals surface area contributed by atoms with Crippen LogP contribution in [0.25, 0.3) is 77.1 Å². The van der Waals surface area contributed by atoms with E-state index in [0.29, 0.717) is 0 Å². The highest BCUT2D eigenvalue weighted by molar-refractivity contribution is 6.18. The lowest BCUT2D eigenvalue weighted by atomic mass is 9.96. The van der Waals surface area contributed by atoms with E-state index >= 15 is 0 Å². The lowest BCUT2D eigenvalue weighted by molar-refractivity contribution is 1.28. The maximum atomic E-state index is 5.03. The van der Waals surface area contributed by atoms with Crippen molar-refractivity contribution >= 4 is 83.0 Å². The molecule has 0 spiro atoms. The van der Waals surface area contributed by atoms with Crippen molar-refractivity contribution in [2.45, 2.75) is 0 Å². The van der Waals surface area contributed by atoms with Crippen LogP contribution in [0.1, 0.15) is 0 Å². The van der Waals surface area contributed by atoms with Crippen LogP contribution >= 0.6 is 0 Å². The van der Waals surface area contributed by atoms with Gasteiger partial charge in [-0.3, -0.25) is 9.97 Å². The Balaban J connectivity index is 0.000000166. The van der Waals surface area contributed by atoms with Gasteiger partial charge in [0, 0.05) is 40.2 Å². The normalized spacial score (nSPS) is 11.3. The van der Waals surface area contributed by atoms with E-state index in [1.54, 1.807) is 0 Å². The maximum absolute atomic E-state index is 5.03. The van der Waals surface area contributed by atoms with E-state index in [-0.39, 0.29) is 0 Å². The van der Waals surface area contributed by atoms with Gasteiger partial charge in [0.25, 0.3) is 0 Å². The summed E-state index contributed by atoms with van der Waals surface area (Å²) < 4.78 is 0. The molecule has 0 unspecified atom stereocenters. The number of aromatic nitrogens is 6. The number of nitrogens with zero attached hydrogens (tertiary/aromatic N) is 7. The fourth-order valence-corrected chi connectivity index (χ4v) is 7.28. The Morgan fingerprint density at radius 1 is 0.273 bits per heavy atom. The summed E-state index contributed by atoms with van der Waals surface area (Å²) in [5.41, 5.74) is 14.1. The number of benzene rings is 7. The van der Waals surface area contributed by atoms with Crippen molar-refractivity contribution in [3.05, 3.63) is 188 Å². The first-order chi connectivity index (χ1) is 27.3. The van der Waals surface area contributed by atoms with E-state index in [2.05, 4.69) is 87.7 Å². The van der Waals surface area contributed by atoms with Crippen molar-refractivity contribution in [2.24, 2.45) is 0 Å². The van der Waals surface area contributed by atoms with E-state index in [0.717, 1.165) is 77.1 Å². The zero-order valence-electron chi connectivity index (χ0n) is 29.5. The molecule has 7 heteroatoms. The zero-order valence-corrected chi connectivity index (χ0v) is 29.5. The summed E-state index contributed by atoms with van der Waals surface area (Å²) in [5.74, 6) is 0. The molecule has 0 bridgehead atoms. The number of rotatable bonds is 4. The van der Waals surface area contributed by atoms with Crippen LogP contribution in [0.3, 0.4) is 0 Å². The van der Waals surface area contributed by atoms with E-state index in [1.165, 1.54) is 17.1 Å². The van der Waals surface area contributed by atoms with Gasteiger partial charge in [-0.25, -0.2) is 19.9 Å². The van der Waals surface area contributed by atoms with Gasteiger partial charge >= 0.3 is 0 Å². The summed E-state index contributed by atoms with van der Waals surface area (Å²) in [5, 5.41) is 1.93. The summed E-state index contributed by atoms with van der Waals surface area (Å²) in [6.45, 7) is 0. The fraction of sp³-hybridized carbons (Fsp3) is 0. The second-order valence-corrected chi connectivity index (χ2v) is 13.1. The molecule has 11 aromatic rings. The Kier molecular flexibility index (Phi) is 8.00. The molecule has 0 radical (unpaired) electrons. The predicted octanol–water partition coefficient (Wildman–Crippen LogP) is 11.8. The van der Waals surface area contributed by atoms with Gasteiger partial charge in [-0.05, 0) is 108 Å². The molecule has 0 aliphatic heterocycles. The summed E-state index contributed by atoms with van der Waals surface area (Å²) in [4.78, 5) is 31.4. The van der Waals surface area contributed by atoms with Crippen LogP contribution in [-0.2, 0) is 0 Å². The molecule has 0 aliphatic carbocycles. The van der Waals surface area contributed by atoms with Crippen LogP contribution in [0, 0.1) is 0 Å². The Bertz CT molecular complexity index is 2900. The Morgan fingerprint density at radius 2 is 0.600 bits per heavy atom. The smallest absolute Gasteiger partial charge is 0.0994 e. The van der Waals surface area contributed by atoms with E-state index in [1.807, 2.05) is 116 Å². The van der Waals surface area contributed by atoms with Gasteiger partial charge in [-0.15, -0.1) is 0 Å². The fourth-order valence-electron chi connectivity index (χ4n) is 7.28. The number of hydrogen-bond acceptors (Lipinski definition) is 7. The molecular formula is C48H31N7. The molecule has 55 heavy (non-hydrogen) atoms. The third kappa shape index (κ3) is 5.90. The van der Waals surface area contributed by atoms with Gasteiger partial charge in [0.2, 0.25) is 0 Å². The van der Waals surface area contributed by atoms with Crippen molar-refractivity contribution in [3.63, 3.8) is 0 Å². The molecule has 0 atom stereocenters. The number of fused-ring (bicyclic) bond motifs is 8. The Labute approximate surface area is 316 Å². The minimum absolute atomic E-state index is 0.830. The number of anilines is 3. The van der Waals surface area contributed by atoms with E-state index in [9.17, 15) is 0 Å². The molecule has 258 valence electrons. The molecule has 0 saturated carbocycles. The predicted molar refractivity (Wildman–Crippen MR) is 225 cm³/mol. The summed E-state index contributed by atoms with van der Waals surface area (Å²) in [7, 11) is 0. The second kappa shape index (κ2) is 13.7. The first kappa shape index (κ1) is 32.0. The molecule has 7 aromatic carbocycles. The highest BCUT2D eigenvalue weighted by Crippen LogP contribution is 2.38. The van der Waals surface area contributed by atoms with Gasteiger partial charge in [0.05, 0.1) is 55.2 Å². The topological polar surface area (TPSA) is 80.6 Å². The first-order valence-electron chi connectivity index (χ1n) is 18.1. The van der Waals surface area contributed by atoms with Gasteiger partial charge in [-0.1, -0.05) is 78.9 Å².